The van der Waals surface area contributed by atoms with Crippen molar-refractivity contribution in [2.45, 2.75) is 25.4 Å². The molecule has 0 spiro atoms. The highest BCUT2D eigenvalue weighted by Gasteiger charge is 2.13. The highest BCUT2D eigenvalue weighted by molar-refractivity contribution is 7.15. The van der Waals surface area contributed by atoms with Crippen molar-refractivity contribution < 1.29 is 4.74 Å². The molecule has 1 atom stereocenters. The maximum Gasteiger partial charge on any atom is 0.113 e. The zero-order valence-electron chi connectivity index (χ0n) is 7.83. The van der Waals surface area contributed by atoms with E-state index in [-0.39, 0.29) is 0 Å². The number of halogens is 1. The Morgan fingerprint density at radius 3 is 3.29 bits per heavy atom. The molecule has 0 aromatic carbocycles. The zero-order valence-corrected chi connectivity index (χ0v) is 9.40. The molecular weight excluding hydrogens is 220 g/mol. The molecule has 5 heteroatoms. The maximum atomic E-state index is 5.79. The first-order chi connectivity index (χ1) is 6.84. The first-order valence-electron chi connectivity index (χ1n) is 4.76. The van der Waals surface area contributed by atoms with Crippen molar-refractivity contribution in [3.05, 3.63) is 15.5 Å². The number of nitrogens with one attached hydrogen (secondary N) is 1. The molecule has 14 heavy (non-hydrogen) atoms. The monoisotopic (exact) mass is 232 g/mol. The molecule has 0 amide bonds. The Morgan fingerprint density at radius 1 is 1.71 bits per heavy atom. The molecule has 0 unspecified atom stereocenters. The summed E-state index contributed by atoms with van der Waals surface area (Å²) in [6.07, 6.45) is 4.04. The van der Waals surface area contributed by atoms with E-state index >= 15 is 0 Å². The van der Waals surface area contributed by atoms with Crippen molar-refractivity contribution in [1.82, 2.24) is 10.3 Å². The van der Waals surface area contributed by atoms with Gasteiger partial charge in [0, 0.05) is 19.2 Å². The van der Waals surface area contributed by atoms with Crippen LogP contribution in [0.2, 0.25) is 4.34 Å². The highest BCUT2D eigenvalue weighted by Crippen LogP contribution is 2.18. The van der Waals surface area contributed by atoms with E-state index in [9.17, 15) is 0 Å². The number of hydrogen-bond donors (Lipinski definition) is 1. The van der Waals surface area contributed by atoms with Gasteiger partial charge in [0.25, 0.3) is 0 Å². The van der Waals surface area contributed by atoms with E-state index in [0.717, 1.165) is 35.5 Å². The molecule has 1 fully saturated rings. The van der Waals surface area contributed by atoms with Gasteiger partial charge in [0.15, 0.2) is 0 Å². The van der Waals surface area contributed by atoms with Crippen LogP contribution >= 0.6 is 22.9 Å². The Bertz CT molecular complexity index is 286. The average molecular weight is 233 g/mol. The summed E-state index contributed by atoms with van der Waals surface area (Å²) in [5.74, 6) is 0. The van der Waals surface area contributed by atoms with Gasteiger partial charge in [-0.3, -0.25) is 0 Å². The smallest absolute Gasteiger partial charge is 0.113 e. The lowest BCUT2D eigenvalue weighted by Gasteiger charge is -2.22. The molecule has 0 aliphatic carbocycles. The Morgan fingerprint density at radius 2 is 2.64 bits per heavy atom. The third-order valence-corrected chi connectivity index (χ3v) is 3.34. The molecule has 2 heterocycles. The first-order valence-corrected chi connectivity index (χ1v) is 5.95. The van der Waals surface area contributed by atoms with Crippen LogP contribution in [-0.4, -0.2) is 24.2 Å². The van der Waals surface area contributed by atoms with Gasteiger partial charge in [-0.1, -0.05) is 11.6 Å². The van der Waals surface area contributed by atoms with Crippen LogP contribution in [0.25, 0.3) is 0 Å². The van der Waals surface area contributed by atoms with E-state index in [1.165, 1.54) is 17.8 Å². The predicted octanol–water partition coefficient (Wildman–Crippen LogP) is 2.07. The van der Waals surface area contributed by atoms with Gasteiger partial charge in [0.1, 0.15) is 9.34 Å². The second-order valence-electron chi connectivity index (χ2n) is 3.35. The molecule has 1 N–H and O–H groups in total. The van der Waals surface area contributed by atoms with Crippen LogP contribution in [0.3, 0.4) is 0 Å². The van der Waals surface area contributed by atoms with Crippen molar-refractivity contribution in [1.29, 1.82) is 0 Å². The van der Waals surface area contributed by atoms with Gasteiger partial charge >= 0.3 is 0 Å². The summed E-state index contributed by atoms with van der Waals surface area (Å²) in [4.78, 5) is 4.18. The normalized spacial score (nSPS) is 22.5. The van der Waals surface area contributed by atoms with Gasteiger partial charge in [-0.15, -0.1) is 11.3 Å². The summed E-state index contributed by atoms with van der Waals surface area (Å²) >= 11 is 7.31. The summed E-state index contributed by atoms with van der Waals surface area (Å²) in [6, 6.07) is 0.478. The second-order valence-corrected chi connectivity index (χ2v) is 5.10. The number of aromatic nitrogens is 1. The number of ether oxygens (including phenoxy) is 1. The fourth-order valence-electron chi connectivity index (χ4n) is 1.50. The van der Waals surface area contributed by atoms with Crippen molar-refractivity contribution in [3.63, 3.8) is 0 Å². The SMILES string of the molecule is Clc1cnc(CN[C@@H]2CCCOC2)s1. The van der Waals surface area contributed by atoms with Crippen LogP contribution in [0.4, 0.5) is 0 Å². The molecule has 1 saturated heterocycles. The van der Waals surface area contributed by atoms with Gasteiger partial charge in [-0.2, -0.15) is 0 Å². The lowest BCUT2D eigenvalue weighted by molar-refractivity contribution is 0.0699. The quantitative estimate of drug-likeness (QED) is 0.867. The van der Waals surface area contributed by atoms with Crippen LogP contribution in [-0.2, 0) is 11.3 Å². The van der Waals surface area contributed by atoms with E-state index in [4.69, 9.17) is 16.3 Å². The third-order valence-electron chi connectivity index (χ3n) is 2.23. The number of nitrogens with zero attached hydrogens (tertiary/aromatic N) is 1. The molecule has 0 radical (unpaired) electrons. The number of rotatable bonds is 3. The van der Waals surface area contributed by atoms with Crippen molar-refractivity contribution in [3.8, 4) is 0 Å². The standard InChI is InChI=1S/C9H13ClN2OS/c10-8-4-12-9(14-8)5-11-7-2-1-3-13-6-7/h4,7,11H,1-3,5-6H2/t7-/m1/s1. The van der Waals surface area contributed by atoms with E-state index in [2.05, 4.69) is 10.3 Å². The molecule has 1 aromatic heterocycles. The van der Waals surface area contributed by atoms with Crippen molar-refractivity contribution in [2.24, 2.45) is 0 Å². The second kappa shape index (κ2) is 5.07. The lowest BCUT2D eigenvalue weighted by Crippen LogP contribution is -2.36. The van der Waals surface area contributed by atoms with Gasteiger partial charge in [0.05, 0.1) is 12.8 Å². The van der Waals surface area contributed by atoms with Crippen molar-refractivity contribution >= 4 is 22.9 Å². The molecule has 1 aromatic rings. The molecular formula is C9H13ClN2OS. The Kier molecular flexibility index (Phi) is 3.75. The van der Waals surface area contributed by atoms with E-state index in [0.29, 0.717) is 6.04 Å². The largest absolute Gasteiger partial charge is 0.380 e. The van der Waals surface area contributed by atoms with Crippen LogP contribution in [0.15, 0.2) is 6.20 Å². The van der Waals surface area contributed by atoms with E-state index in [1.807, 2.05) is 0 Å². The van der Waals surface area contributed by atoms with E-state index in [1.54, 1.807) is 6.20 Å². The van der Waals surface area contributed by atoms with Crippen molar-refractivity contribution in [2.75, 3.05) is 13.2 Å². The van der Waals surface area contributed by atoms with Crippen LogP contribution in [0.1, 0.15) is 17.8 Å². The molecule has 3 nitrogen and oxygen atoms in total. The first kappa shape index (κ1) is 10.4. The molecule has 0 saturated carbocycles. The lowest BCUT2D eigenvalue weighted by atomic mass is 10.1. The summed E-state index contributed by atoms with van der Waals surface area (Å²) in [6.45, 7) is 2.52. The van der Waals surface area contributed by atoms with Crippen LogP contribution in [0.5, 0.6) is 0 Å². The van der Waals surface area contributed by atoms with Gasteiger partial charge in [-0.25, -0.2) is 4.98 Å². The number of hydrogen-bond acceptors (Lipinski definition) is 4. The summed E-state index contributed by atoms with van der Waals surface area (Å²) in [5, 5.41) is 4.46. The summed E-state index contributed by atoms with van der Waals surface area (Å²) < 4.78 is 6.12. The third kappa shape index (κ3) is 2.92. The molecule has 2 rings (SSSR count). The van der Waals surface area contributed by atoms with Crippen LogP contribution in [0, 0.1) is 0 Å². The minimum Gasteiger partial charge on any atom is -0.380 e. The Balaban J connectivity index is 1.76. The molecule has 0 bridgehead atoms. The molecule has 78 valence electrons. The topological polar surface area (TPSA) is 34.2 Å². The van der Waals surface area contributed by atoms with Gasteiger partial charge in [-0.05, 0) is 12.8 Å². The molecule has 1 aliphatic heterocycles. The minimum absolute atomic E-state index is 0.478. The maximum absolute atomic E-state index is 5.79. The fraction of sp³-hybridized carbons (Fsp3) is 0.667. The predicted molar refractivity (Wildman–Crippen MR) is 57.8 cm³/mol. The average Bonchev–Trinajstić information content (AvgIpc) is 2.63. The van der Waals surface area contributed by atoms with Gasteiger partial charge < -0.3 is 10.1 Å². The Hall–Kier alpha value is -0.160. The Labute approximate surface area is 92.4 Å². The zero-order chi connectivity index (χ0) is 9.80. The highest BCUT2D eigenvalue weighted by atomic mass is 35.5. The molecule has 1 aliphatic rings. The summed E-state index contributed by atoms with van der Waals surface area (Å²) in [7, 11) is 0. The minimum atomic E-state index is 0.478. The summed E-state index contributed by atoms with van der Waals surface area (Å²) in [5.41, 5.74) is 0. The van der Waals surface area contributed by atoms with E-state index < -0.39 is 0 Å². The number of thiazole rings is 1. The fourth-order valence-corrected chi connectivity index (χ4v) is 2.41. The van der Waals surface area contributed by atoms with Crippen LogP contribution < -0.4 is 5.32 Å². The van der Waals surface area contributed by atoms with Gasteiger partial charge in [0.2, 0.25) is 0 Å².